The molecule has 5 heteroatoms. The molecule has 0 atom stereocenters. The summed E-state index contributed by atoms with van der Waals surface area (Å²) in [6, 6.07) is 8.93. The lowest BCUT2D eigenvalue weighted by molar-refractivity contribution is 0.0900. The van der Waals surface area contributed by atoms with Gasteiger partial charge in [-0.15, -0.1) is 0 Å². The summed E-state index contributed by atoms with van der Waals surface area (Å²) in [6.07, 6.45) is 0. The number of carbonyl (C=O) groups excluding carboxylic acids is 2. The van der Waals surface area contributed by atoms with Gasteiger partial charge in [-0.3, -0.25) is 14.7 Å². The predicted molar refractivity (Wildman–Crippen MR) is 71.2 cm³/mol. The van der Waals surface area contributed by atoms with E-state index in [0.29, 0.717) is 5.56 Å². The van der Waals surface area contributed by atoms with E-state index < -0.39 is 0 Å². The Morgan fingerprint density at radius 3 is 2.63 bits per heavy atom. The molecule has 98 valence electrons. The Bertz CT molecular complexity index is 617. The number of Topliss-reactive ketones (excluding diaryl/α,β-unsaturated/α-hetero) is 1. The van der Waals surface area contributed by atoms with E-state index in [4.69, 9.17) is 0 Å². The average Bonchev–Trinajstić information content (AvgIpc) is 2.83. The molecule has 0 saturated heterocycles. The van der Waals surface area contributed by atoms with Crippen LogP contribution in [0.5, 0.6) is 0 Å². The third-order valence-corrected chi connectivity index (χ3v) is 2.79. The Balaban J connectivity index is 1.98. The number of benzene rings is 1. The van der Waals surface area contributed by atoms with Crippen LogP contribution >= 0.6 is 0 Å². The lowest BCUT2D eigenvalue weighted by atomic mass is 10.1. The van der Waals surface area contributed by atoms with E-state index >= 15 is 0 Å². The molecule has 0 aliphatic rings. The first-order valence-corrected chi connectivity index (χ1v) is 5.97. The van der Waals surface area contributed by atoms with Crippen LogP contribution in [0, 0.1) is 13.8 Å². The first kappa shape index (κ1) is 13.0. The van der Waals surface area contributed by atoms with Gasteiger partial charge in [-0.2, -0.15) is 5.10 Å². The quantitative estimate of drug-likeness (QED) is 0.818. The zero-order chi connectivity index (χ0) is 13.8. The summed E-state index contributed by atoms with van der Waals surface area (Å²) in [5.41, 5.74) is 2.61. The molecule has 0 saturated carbocycles. The molecule has 2 N–H and O–H groups in total. The number of nitrogens with one attached hydrogen (secondary N) is 2. The number of hydrogen-bond acceptors (Lipinski definition) is 3. The second-order valence-corrected chi connectivity index (χ2v) is 4.36. The minimum atomic E-state index is -0.355. The van der Waals surface area contributed by atoms with Gasteiger partial charge in [-0.1, -0.05) is 24.3 Å². The highest BCUT2D eigenvalue weighted by Gasteiger charge is 2.12. The van der Waals surface area contributed by atoms with E-state index in [-0.39, 0.29) is 23.9 Å². The SMILES string of the molecule is Cc1cc(C(=O)NCC(=O)c2ccccc2C)n[nH]1. The normalized spacial score (nSPS) is 10.2. The zero-order valence-electron chi connectivity index (χ0n) is 10.9. The van der Waals surface area contributed by atoms with Crippen molar-refractivity contribution < 1.29 is 9.59 Å². The fraction of sp³-hybridized carbons (Fsp3) is 0.214. The van der Waals surface area contributed by atoms with E-state index in [0.717, 1.165) is 11.3 Å². The van der Waals surface area contributed by atoms with Crippen molar-refractivity contribution in [2.75, 3.05) is 6.54 Å². The van der Waals surface area contributed by atoms with Crippen molar-refractivity contribution in [3.05, 3.63) is 52.8 Å². The molecule has 2 aromatic rings. The van der Waals surface area contributed by atoms with Crippen molar-refractivity contribution in [2.24, 2.45) is 0 Å². The molecule has 0 aliphatic heterocycles. The smallest absolute Gasteiger partial charge is 0.272 e. The molecule has 0 unspecified atom stereocenters. The maximum Gasteiger partial charge on any atom is 0.272 e. The molecule has 0 aliphatic carbocycles. The largest absolute Gasteiger partial charge is 0.343 e. The molecular weight excluding hydrogens is 242 g/mol. The number of carbonyl (C=O) groups is 2. The van der Waals surface area contributed by atoms with Crippen molar-refractivity contribution in [2.45, 2.75) is 13.8 Å². The van der Waals surface area contributed by atoms with Gasteiger partial charge in [-0.05, 0) is 25.5 Å². The van der Waals surface area contributed by atoms with Crippen LogP contribution in [-0.2, 0) is 0 Å². The number of ketones is 1. The van der Waals surface area contributed by atoms with E-state index in [1.54, 1.807) is 18.2 Å². The summed E-state index contributed by atoms with van der Waals surface area (Å²) in [6.45, 7) is 3.64. The van der Waals surface area contributed by atoms with Crippen molar-refractivity contribution in [3.63, 3.8) is 0 Å². The molecule has 19 heavy (non-hydrogen) atoms. The fourth-order valence-electron chi connectivity index (χ4n) is 1.77. The van der Waals surface area contributed by atoms with Crippen LogP contribution < -0.4 is 5.32 Å². The Morgan fingerprint density at radius 1 is 1.26 bits per heavy atom. The van der Waals surface area contributed by atoms with Crippen LogP contribution in [0.25, 0.3) is 0 Å². The van der Waals surface area contributed by atoms with Crippen molar-refractivity contribution in [1.82, 2.24) is 15.5 Å². The number of aromatic amines is 1. The van der Waals surface area contributed by atoms with Gasteiger partial charge >= 0.3 is 0 Å². The van der Waals surface area contributed by atoms with Gasteiger partial charge in [0, 0.05) is 11.3 Å². The van der Waals surface area contributed by atoms with E-state index in [2.05, 4.69) is 15.5 Å². The number of rotatable bonds is 4. The molecule has 0 radical (unpaired) electrons. The molecule has 0 bridgehead atoms. The van der Waals surface area contributed by atoms with Crippen molar-refractivity contribution in [1.29, 1.82) is 0 Å². The summed E-state index contributed by atoms with van der Waals surface area (Å²) < 4.78 is 0. The Labute approximate surface area is 111 Å². The standard InChI is InChI=1S/C14H15N3O2/c1-9-5-3-4-6-11(9)13(18)8-15-14(19)12-7-10(2)16-17-12/h3-7H,8H2,1-2H3,(H,15,19)(H,16,17). The number of aryl methyl sites for hydroxylation is 2. The number of amides is 1. The number of hydrogen-bond donors (Lipinski definition) is 2. The summed E-state index contributed by atoms with van der Waals surface area (Å²) in [4.78, 5) is 23.7. The van der Waals surface area contributed by atoms with Gasteiger partial charge in [0.25, 0.3) is 5.91 Å². The lowest BCUT2D eigenvalue weighted by Gasteiger charge is -2.05. The molecular formula is C14H15N3O2. The molecule has 1 heterocycles. The molecule has 0 spiro atoms. The van der Waals surface area contributed by atoms with Crippen molar-refractivity contribution in [3.8, 4) is 0 Å². The molecule has 1 aromatic heterocycles. The minimum absolute atomic E-state index is 0.0321. The summed E-state index contributed by atoms with van der Waals surface area (Å²) in [7, 11) is 0. The van der Waals surface area contributed by atoms with Crippen LogP contribution in [0.4, 0.5) is 0 Å². The Kier molecular flexibility index (Phi) is 3.75. The third-order valence-electron chi connectivity index (χ3n) is 2.79. The maximum absolute atomic E-state index is 12.0. The molecule has 5 nitrogen and oxygen atoms in total. The minimum Gasteiger partial charge on any atom is -0.343 e. The summed E-state index contributed by atoms with van der Waals surface area (Å²) in [5.74, 6) is -0.468. The Hall–Kier alpha value is -2.43. The van der Waals surface area contributed by atoms with Crippen molar-refractivity contribution >= 4 is 11.7 Å². The molecule has 1 amide bonds. The van der Waals surface area contributed by atoms with E-state index in [1.807, 2.05) is 26.0 Å². The van der Waals surface area contributed by atoms with Gasteiger partial charge < -0.3 is 5.32 Å². The topological polar surface area (TPSA) is 74.8 Å². The van der Waals surface area contributed by atoms with Gasteiger partial charge in [0.2, 0.25) is 0 Å². The van der Waals surface area contributed by atoms with Gasteiger partial charge in [0.05, 0.1) is 6.54 Å². The highest BCUT2D eigenvalue weighted by molar-refractivity contribution is 6.02. The van der Waals surface area contributed by atoms with Crippen LogP contribution in [0.15, 0.2) is 30.3 Å². The number of H-pyrrole nitrogens is 1. The first-order chi connectivity index (χ1) is 9.08. The zero-order valence-corrected chi connectivity index (χ0v) is 10.9. The maximum atomic E-state index is 12.0. The van der Waals surface area contributed by atoms with E-state index in [9.17, 15) is 9.59 Å². The average molecular weight is 257 g/mol. The predicted octanol–water partition coefficient (Wildman–Crippen LogP) is 1.64. The van der Waals surface area contributed by atoms with Crippen LogP contribution in [0.1, 0.15) is 32.1 Å². The second-order valence-electron chi connectivity index (χ2n) is 4.36. The van der Waals surface area contributed by atoms with Crippen LogP contribution in [0.3, 0.4) is 0 Å². The second kappa shape index (κ2) is 5.48. The van der Waals surface area contributed by atoms with Crippen LogP contribution in [-0.4, -0.2) is 28.4 Å². The van der Waals surface area contributed by atoms with E-state index in [1.165, 1.54) is 0 Å². The van der Waals surface area contributed by atoms with Gasteiger partial charge in [0.1, 0.15) is 5.69 Å². The summed E-state index contributed by atoms with van der Waals surface area (Å²) in [5, 5.41) is 9.08. The monoisotopic (exact) mass is 257 g/mol. The highest BCUT2D eigenvalue weighted by atomic mass is 16.2. The summed E-state index contributed by atoms with van der Waals surface area (Å²) >= 11 is 0. The molecule has 2 rings (SSSR count). The number of nitrogens with zero attached hydrogens (tertiary/aromatic N) is 1. The van der Waals surface area contributed by atoms with Crippen LogP contribution in [0.2, 0.25) is 0 Å². The first-order valence-electron chi connectivity index (χ1n) is 5.97. The fourth-order valence-corrected chi connectivity index (χ4v) is 1.77. The van der Waals surface area contributed by atoms with Gasteiger partial charge in [-0.25, -0.2) is 0 Å². The van der Waals surface area contributed by atoms with Gasteiger partial charge in [0.15, 0.2) is 5.78 Å². The Morgan fingerprint density at radius 2 is 2.00 bits per heavy atom. The highest BCUT2D eigenvalue weighted by Crippen LogP contribution is 2.07. The number of aromatic nitrogens is 2. The lowest BCUT2D eigenvalue weighted by Crippen LogP contribution is -2.30. The molecule has 1 aromatic carbocycles. The third kappa shape index (κ3) is 3.07. The molecule has 0 fully saturated rings.